The number of nitrogens with two attached hydrogens (primary N) is 1. The molecule has 2 aromatic rings. The van der Waals surface area contributed by atoms with E-state index in [0.717, 1.165) is 5.56 Å². The number of nitrogens with zero attached hydrogens (tertiary/aromatic N) is 1. The summed E-state index contributed by atoms with van der Waals surface area (Å²) in [5.74, 6) is -1.65. The highest BCUT2D eigenvalue weighted by Crippen LogP contribution is 2.19. The number of nitrogens with one attached hydrogen (secondary N) is 1. The quantitative estimate of drug-likeness (QED) is 0.726. The van der Waals surface area contributed by atoms with Crippen molar-refractivity contribution in [2.75, 3.05) is 6.54 Å². The van der Waals surface area contributed by atoms with E-state index in [1.54, 1.807) is 6.07 Å². The summed E-state index contributed by atoms with van der Waals surface area (Å²) < 4.78 is 18.7. The molecule has 1 fully saturated rings. The molecule has 3 amide bonds. The minimum Gasteiger partial charge on any atom is -0.445 e. The number of primary amides is 1. The number of carbonyl (C=O) groups is 3. The van der Waals surface area contributed by atoms with E-state index in [1.807, 2.05) is 30.3 Å². The summed E-state index contributed by atoms with van der Waals surface area (Å²) in [4.78, 5) is 38.4. The molecule has 1 saturated heterocycles. The molecule has 1 heterocycles. The zero-order valence-corrected chi connectivity index (χ0v) is 16.4. The number of likely N-dealkylation sites (tertiary alicyclic amines) is 1. The van der Waals surface area contributed by atoms with Crippen molar-refractivity contribution in [3.8, 4) is 0 Å². The van der Waals surface area contributed by atoms with Crippen molar-refractivity contribution in [2.45, 2.75) is 38.0 Å². The van der Waals surface area contributed by atoms with Gasteiger partial charge in [-0.3, -0.25) is 14.5 Å². The zero-order valence-electron chi connectivity index (χ0n) is 16.4. The molecule has 0 aliphatic carbocycles. The standard InChI is InChI=1S/C22H24FN3O4/c23-17-9-4-8-16(12-17)13-18(20(24)27)25-21(28)19-10-5-11-26(19)22(29)30-14-15-6-2-1-3-7-15/h1-4,6-9,12,18-19H,5,10-11,13-14H2,(H2,24,27)(H,25,28)/t18-,19-/m1/s1. The molecule has 0 bridgehead atoms. The lowest BCUT2D eigenvalue weighted by atomic mass is 10.0. The Balaban J connectivity index is 1.60. The molecule has 8 heteroatoms. The fraction of sp³-hybridized carbons (Fsp3) is 0.318. The lowest BCUT2D eigenvalue weighted by Gasteiger charge is -2.25. The lowest BCUT2D eigenvalue weighted by Crippen LogP contribution is -2.53. The summed E-state index contributed by atoms with van der Waals surface area (Å²) in [5.41, 5.74) is 6.80. The van der Waals surface area contributed by atoms with Gasteiger partial charge in [0, 0.05) is 13.0 Å². The highest BCUT2D eigenvalue weighted by atomic mass is 19.1. The number of hydrogen-bond acceptors (Lipinski definition) is 4. The van der Waals surface area contributed by atoms with Crippen molar-refractivity contribution in [3.05, 3.63) is 71.5 Å². The van der Waals surface area contributed by atoms with E-state index in [9.17, 15) is 18.8 Å². The molecular weight excluding hydrogens is 389 g/mol. The Kier molecular flexibility index (Phi) is 7.00. The maximum atomic E-state index is 13.4. The first-order valence-electron chi connectivity index (χ1n) is 9.75. The van der Waals surface area contributed by atoms with Gasteiger partial charge in [-0.25, -0.2) is 9.18 Å². The second-order valence-corrected chi connectivity index (χ2v) is 7.19. The second kappa shape index (κ2) is 9.87. The number of rotatable bonds is 7. The van der Waals surface area contributed by atoms with Crippen LogP contribution >= 0.6 is 0 Å². The van der Waals surface area contributed by atoms with Gasteiger partial charge in [0.05, 0.1) is 0 Å². The summed E-state index contributed by atoms with van der Waals surface area (Å²) in [6, 6.07) is 13.2. The third-order valence-corrected chi connectivity index (χ3v) is 4.98. The first kappa shape index (κ1) is 21.3. The average Bonchev–Trinajstić information content (AvgIpc) is 3.22. The van der Waals surface area contributed by atoms with Gasteiger partial charge in [0.25, 0.3) is 0 Å². The molecule has 2 aromatic carbocycles. The predicted molar refractivity (Wildman–Crippen MR) is 108 cm³/mol. The van der Waals surface area contributed by atoms with Crippen molar-refractivity contribution < 1.29 is 23.5 Å². The van der Waals surface area contributed by atoms with E-state index in [1.165, 1.54) is 23.1 Å². The molecule has 3 N–H and O–H groups in total. The van der Waals surface area contributed by atoms with Crippen LogP contribution in [-0.4, -0.2) is 41.4 Å². The molecule has 0 unspecified atom stereocenters. The number of carbonyl (C=O) groups excluding carboxylic acids is 3. The number of halogens is 1. The van der Waals surface area contributed by atoms with E-state index < -0.39 is 35.8 Å². The Morgan fingerprint density at radius 2 is 1.87 bits per heavy atom. The SMILES string of the molecule is NC(=O)[C@@H](Cc1cccc(F)c1)NC(=O)[C@H]1CCCN1C(=O)OCc1ccccc1. The minimum atomic E-state index is -1.01. The van der Waals surface area contributed by atoms with Crippen LogP contribution in [0.25, 0.3) is 0 Å². The van der Waals surface area contributed by atoms with Gasteiger partial charge in [0.15, 0.2) is 0 Å². The highest BCUT2D eigenvalue weighted by Gasteiger charge is 2.36. The second-order valence-electron chi connectivity index (χ2n) is 7.19. The van der Waals surface area contributed by atoms with E-state index in [2.05, 4.69) is 5.32 Å². The largest absolute Gasteiger partial charge is 0.445 e. The van der Waals surface area contributed by atoms with Crippen LogP contribution in [0.1, 0.15) is 24.0 Å². The normalized spacial score (nSPS) is 16.7. The lowest BCUT2D eigenvalue weighted by molar-refractivity contribution is -0.130. The van der Waals surface area contributed by atoms with Crippen molar-refractivity contribution in [1.29, 1.82) is 0 Å². The fourth-order valence-corrected chi connectivity index (χ4v) is 3.45. The van der Waals surface area contributed by atoms with Gasteiger partial charge in [-0.15, -0.1) is 0 Å². The number of hydrogen-bond donors (Lipinski definition) is 2. The van der Waals surface area contributed by atoms with Crippen LogP contribution in [0.15, 0.2) is 54.6 Å². The van der Waals surface area contributed by atoms with Crippen LogP contribution in [0, 0.1) is 5.82 Å². The fourth-order valence-electron chi connectivity index (χ4n) is 3.45. The number of benzene rings is 2. The van der Waals surface area contributed by atoms with Crippen molar-refractivity contribution in [3.63, 3.8) is 0 Å². The van der Waals surface area contributed by atoms with Crippen molar-refractivity contribution >= 4 is 17.9 Å². The van der Waals surface area contributed by atoms with Gasteiger partial charge in [-0.2, -0.15) is 0 Å². The Bertz CT molecular complexity index is 906. The van der Waals surface area contributed by atoms with Crippen LogP contribution in [0.4, 0.5) is 9.18 Å². The van der Waals surface area contributed by atoms with Crippen LogP contribution in [0.2, 0.25) is 0 Å². The molecule has 1 aliphatic heterocycles. The highest BCUT2D eigenvalue weighted by molar-refractivity contribution is 5.91. The molecule has 0 spiro atoms. The van der Waals surface area contributed by atoms with Gasteiger partial charge in [0.1, 0.15) is 24.5 Å². The Morgan fingerprint density at radius 1 is 1.13 bits per heavy atom. The summed E-state index contributed by atoms with van der Waals surface area (Å²) in [6.45, 7) is 0.491. The molecule has 3 rings (SSSR count). The zero-order chi connectivity index (χ0) is 21.5. The van der Waals surface area contributed by atoms with Crippen LogP contribution in [0.3, 0.4) is 0 Å². The van der Waals surface area contributed by atoms with Gasteiger partial charge >= 0.3 is 6.09 Å². The van der Waals surface area contributed by atoms with Gasteiger partial charge in [-0.1, -0.05) is 42.5 Å². The Labute approximate surface area is 174 Å². The Hall–Kier alpha value is -3.42. The minimum absolute atomic E-state index is 0.0595. The number of ether oxygens (including phenoxy) is 1. The van der Waals surface area contributed by atoms with Gasteiger partial charge < -0.3 is 15.8 Å². The number of amides is 3. The van der Waals surface area contributed by atoms with Crippen molar-refractivity contribution in [2.24, 2.45) is 5.73 Å². The van der Waals surface area contributed by atoms with E-state index in [-0.39, 0.29) is 13.0 Å². The molecule has 0 radical (unpaired) electrons. The smallest absolute Gasteiger partial charge is 0.410 e. The van der Waals surface area contributed by atoms with Gasteiger partial charge in [0.2, 0.25) is 11.8 Å². The predicted octanol–water partition coefficient (Wildman–Crippen LogP) is 2.14. The summed E-state index contributed by atoms with van der Waals surface area (Å²) >= 11 is 0. The molecule has 158 valence electrons. The topological polar surface area (TPSA) is 102 Å². The maximum absolute atomic E-state index is 13.4. The monoisotopic (exact) mass is 413 g/mol. The summed E-state index contributed by atoms with van der Waals surface area (Å²) in [5, 5.41) is 2.60. The van der Waals surface area contributed by atoms with Crippen molar-refractivity contribution in [1.82, 2.24) is 10.2 Å². The third kappa shape index (κ3) is 5.56. The van der Waals surface area contributed by atoms with E-state index in [0.29, 0.717) is 24.9 Å². The molecular formula is C22H24FN3O4. The molecule has 0 saturated carbocycles. The molecule has 1 aliphatic rings. The van der Waals surface area contributed by atoms with E-state index in [4.69, 9.17) is 10.5 Å². The Morgan fingerprint density at radius 3 is 2.57 bits per heavy atom. The molecule has 0 aromatic heterocycles. The maximum Gasteiger partial charge on any atom is 0.410 e. The van der Waals surface area contributed by atoms with Crippen LogP contribution in [-0.2, 0) is 27.4 Å². The van der Waals surface area contributed by atoms with Crippen LogP contribution < -0.4 is 11.1 Å². The van der Waals surface area contributed by atoms with Crippen LogP contribution in [0.5, 0.6) is 0 Å². The van der Waals surface area contributed by atoms with Gasteiger partial charge in [-0.05, 0) is 36.1 Å². The molecule has 2 atom stereocenters. The molecule has 7 nitrogen and oxygen atoms in total. The first-order valence-corrected chi connectivity index (χ1v) is 9.75. The average molecular weight is 413 g/mol. The van der Waals surface area contributed by atoms with E-state index >= 15 is 0 Å². The summed E-state index contributed by atoms with van der Waals surface area (Å²) in [6.07, 6.45) is 0.572. The third-order valence-electron chi connectivity index (χ3n) is 4.98. The summed E-state index contributed by atoms with van der Waals surface area (Å²) in [7, 11) is 0. The molecule has 30 heavy (non-hydrogen) atoms. The first-order chi connectivity index (χ1) is 14.4.